The topological polar surface area (TPSA) is 81.1 Å². The van der Waals surface area contributed by atoms with E-state index in [1.807, 2.05) is 30.9 Å². The number of fused-ring (bicyclic) bond motifs is 9. The minimum atomic E-state index is -0.120. The summed E-state index contributed by atoms with van der Waals surface area (Å²) in [6, 6.07) is 108. The van der Waals surface area contributed by atoms with Crippen LogP contribution in [0.5, 0.6) is 0 Å². The van der Waals surface area contributed by atoms with Gasteiger partial charge < -0.3 is 13.7 Å². The predicted molar refractivity (Wildman–Crippen MR) is 447 cm³/mol. The Balaban J connectivity index is 0.830. The van der Waals surface area contributed by atoms with Gasteiger partial charge in [-0.3, -0.25) is 9.97 Å². The molecule has 2 aliphatic rings. The predicted octanol–water partition coefficient (Wildman–Crippen LogP) is 27.2. The molecule has 5 heterocycles. The molecule has 0 N–H and O–H groups in total. The fourth-order valence-electron chi connectivity index (χ4n) is 18.2. The van der Waals surface area contributed by atoms with Gasteiger partial charge in [-0.25, -0.2) is 9.97 Å². The van der Waals surface area contributed by atoms with Crippen molar-refractivity contribution in [3.63, 3.8) is 0 Å². The SMILES string of the molecule is CC1(C)c2c(-c3ccnc(-c4ccc5c6cc(-c7cncc(-c8ccc(-c9ccccc9)cc8)c7)cc7oc8c(-c9ccnc(-c%10ccc%11ccccc%11c%10)n9)ccc(c9cc(N(c%10ccc(-c%11ccccc%11)cc%10)c%10cccc%11c%10ccc%10ccccc%10%11)cc%10oc4c5c%109)c8c76)c3)cccc2C2C=CC=CC21. The number of benzene rings is 14. The van der Waals surface area contributed by atoms with Crippen molar-refractivity contribution in [1.29, 1.82) is 0 Å². The van der Waals surface area contributed by atoms with Gasteiger partial charge in [0.25, 0.3) is 0 Å². The minimum absolute atomic E-state index is 0.120. The van der Waals surface area contributed by atoms with Crippen LogP contribution in [0.3, 0.4) is 0 Å². The van der Waals surface area contributed by atoms with Crippen LogP contribution >= 0.6 is 0 Å². The van der Waals surface area contributed by atoms with E-state index in [0.717, 1.165) is 166 Å². The van der Waals surface area contributed by atoms with E-state index in [1.165, 1.54) is 38.4 Å². The number of hydrogen-bond donors (Lipinski definition) is 0. The highest BCUT2D eigenvalue weighted by Gasteiger charge is 2.46. The first-order valence-electron chi connectivity index (χ1n) is 37.1. The number of hydrogen-bond acceptors (Lipinski definition) is 7. The van der Waals surface area contributed by atoms with Crippen molar-refractivity contribution in [2.75, 3.05) is 4.90 Å². The maximum atomic E-state index is 7.88. The quantitative estimate of drug-likeness (QED) is 0.119. The fourth-order valence-corrected chi connectivity index (χ4v) is 18.2. The van der Waals surface area contributed by atoms with E-state index in [2.05, 4.69) is 334 Å². The molecule has 2 aliphatic carbocycles. The van der Waals surface area contributed by atoms with Gasteiger partial charge in [0.1, 0.15) is 22.3 Å². The van der Waals surface area contributed by atoms with Crippen molar-refractivity contribution in [3.8, 4) is 89.5 Å². The average molecular weight is 1380 g/mol. The second-order valence-electron chi connectivity index (χ2n) is 29.6. The van der Waals surface area contributed by atoms with Crippen LogP contribution in [0.1, 0.15) is 30.9 Å². The zero-order valence-electron chi connectivity index (χ0n) is 59.1. The van der Waals surface area contributed by atoms with Gasteiger partial charge >= 0.3 is 0 Å². The first-order valence-corrected chi connectivity index (χ1v) is 37.1. The number of anilines is 3. The number of aromatic nitrogens is 4. The highest BCUT2D eigenvalue weighted by atomic mass is 16.3. The molecular formula is C101H65N5O2. The Morgan fingerprint density at radius 3 is 1.69 bits per heavy atom. The Kier molecular flexibility index (Phi) is 13.7. The van der Waals surface area contributed by atoms with Crippen molar-refractivity contribution >= 4 is 115 Å². The lowest BCUT2D eigenvalue weighted by Gasteiger charge is -2.30. The summed E-state index contributed by atoms with van der Waals surface area (Å²) in [6.45, 7) is 4.83. The number of rotatable bonds is 11. The summed E-state index contributed by atoms with van der Waals surface area (Å²) in [5, 5.41) is 14.9. The van der Waals surface area contributed by atoms with Crippen LogP contribution < -0.4 is 4.90 Å². The molecule has 0 saturated carbocycles. The van der Waals surface area contributed by atoms with Crippen molar-refractivity contribution in [3.05, 3.63) is 357 Å². The Labute approximate surface area is 622 Å². The van der Waals surface area contributed by atoms with Crippen molar-refractivity contribution in [1.82, 2.24) is 19.9 Å². The van der Waals surface area contributed by atoms with E-state index in [1.54, 1.807) is 0 Å². The molecule has 0 amide bonds. The first kappa shape index (κ1) is 61.6. The molecule has 22 rings (SSSR count). The van der Waals surface area contributed by atoms with Crippen molar-refractivity contribution in [2.24, 2.45) is 5.92 Å². The summed E-state index contributed by atoms with van der Waals surface area (Å²) in [7, 11) is 0. The average Bonchev–Trinajstić information content (AvgIpc) is 1.51. The third-order valence-electron chi connectivity index (χ3n) is 23.3. The Morgan fingerprint density at radius 2 is 0.935 bits per heavy atom. The van der Waals surface area contributed by atoms with Gasteiger partial charge in [-0.15, -0.1) is 0 Å². The highest BCUT2D eigenvalue weighted by molar-refractivity contribution is 6.38. The molecule has 2 atom stereocenters. The monoisotopic (exact) mass is 1380 g/mol. The fraction of sp³-hybridized carbons (Fsp3) is 0.0495. The van der Waals surface area contributed by atoms with Gasteiger partial charge in [0.2, 0.25) is 0 Å². The summed E-state index contributed by atoms with van der Waals surface area (Å²) < 4.78 is 15.6. The van der Waals surface area contributed by atoms with Gasteiger partial charge in [-0.2, -0.15) is 0 Å². The van der Waals surface area contributed by atoms with Crippen molar-refractivity contribution < 1.29 is 8.83 Å². The van der Waals surface area contributed by atoms with Crippen LogP contribution in [0.4, 0.5) is 17.1 Å². The van der Waals surface area contributed by atoms with E-state index >= 15 is 0 Å². The van der Waals surface area contributed by atoms with Gasteiger partial charge in [0.05, 0.1) is 22.8 Å². The second-order valence-corrected chi connectivity index (χ2v) is 29.6. The molecule has 0 fully saturated rings. The largest absolute Gasteiger partial charge is 0.455 e. The molecule has 108 heavy (non-hydrogen) atoms. The molecule has 5 aromatic heterocycles. The standard InChI is InChI=1S/C101H65N5O2/c1-101(2)87-29-14-13-25-78(87)82-28-15-26-76(97(82)101)68-47-49-103-89(54-68)84-46-44-80-85-53-70(72-52-71(58-102-59-72)65-33-31-63(32-34-65)60-17-5-3-6-18-60)55-91-93(85)96-81(43-45-83(98(96)107-91)88-48-50-104-100(105-88)69-36-35-62-21-9-10-23-67(62)51-69)86-56-74(57-92-94(86)95(80)99(84)108-92)106(73-40-37-64(38-41-73)61-19-7-4-8-20-61)90-30-16-27-77-75-24-12-11-22-66(75)39-42-79(77)90/h3-59,78,87H,1-2H3. The molecule has 15 aromatic carbocycles. The lowest BCUT2D eigenvalue weighted by atomic mass is 9.73. The zero-order chi connectivity index (χ0) is 71.3. The second kappa shape index (κ2) is 24.1. The van der Waals surface area contributed by atoms with Crippen molar-refractivity contribution in [2.45, 2.75) is 25.2 Å². The molecule has 0 saturated heterocycles. The summed E-state index contributed by atoms with van der Waals surface area (Å²) >= 11 is 0. The number of allylic oxidation sites excluding steroid dienone is 4. The van der Waals surface area contributed by atoms with E-state index in [4.69, 9.17) is 28.8 Å². The maximum absolute atomic E-state index is 7.88. The Hall–Kier alpha value is -13.9. The van der Waals surface area contributed by atoms with Crippen LogP contribution in [0.15, 0.2) is 355 Å². The molecule has 0 radical (unpaired) electrons. The number of furan rings is 2. The van der Waals surface area contributed by atoms with E-state index in [9.17, 15) is 0 Å². The Bertz CT molecular complexity index is 7150. The van der Waals surface area contributed by atoms with E-state index < -0.39 is 0 Å². The molecule has 7 heteroatoms. The number of pyridine rings is 2. The van der Waals surface area contributed by atoms with Gasteiger partial charge in [-0.05, 0) is 194 Å². The van der Waals surface area contributed by atoms with Gasteiger partial charge in [0.15, 0.2) is 5.82 Å². The number of nitrogens with zero attached hydrogens (tertiary/aromatic N) is 5. The normalized spacial score (nSPS) is 14.6. The van der Waals surface area contributed by atoms with Gasteiger partial charge in [0, 0.05) is 97.2 Å². The van der Waals surface area contributed by atoms with Gasteiger partial charge in [-0.1, -0.05) is 250 Å². The Morgan fingerprint density at radius 1 is 0.343 bits per heavy atom. The molecule has 0 bridgehead atoms. The minimum Gasteiger partial charge on any atom is -0.455 e. The summed E-state index contributed by atoms with van der Waals surface area (Å²) in [5.41, 5.74) is 23.7. The van der Waals surface area contributed by atoms with Crippen LogP contribution in [-0.4, -0.2) is 19.9 Å². The smallest absolute Gasteiger partial charge is 0.159 e. The maximum Gasteiger partial charge on any atom is 0.159 e. The first-order chi connectivity index (χ1) is 53.3. The van der Waals surface area contributed by atoms with E-state index in [-0.39, 0.29) is 5.41 Å². The lowest BCUT2D eigenvalue weighted by Crippen LogP contribution is -2.25. The molecule has 20 aromatic rings. The van der Waals surface area contributed by atoms with Crippen LogP contribution in [0.2, 0.25) is 0 Å². The summed E-state index contributed by atoms with van der Waals surface area (Å²) in [5.74, 6) is 1.28. The summed E-state index contributed by atoms with van der Waals surface area (Å²) in [4.78, 5) is 23.1. The summed E-state index contributed by atoms with van der Waals surface area (Å²) in [6.07, 6.45) is 17.0. The lowest BCUT2D eigenvalue weighted by molar-refractivity contribution is 0.395. The third kappa shape index (κ3) is 9.68. The highest BCUT2D eigenvalue weighted by Crippen LogP contribution is 2.57. The molecule has 2 unspecified atom stereocenters. The van der Waals surface area contributed by atoms with Crippen LogP contribution in [0.25, 0.3) is 187 Å². The van der Waals surface area contributed by atoms with Crippen LogP contribution in [-0.2, 0) is 5.41 Å². The molecule has 0 spiro atoms. The molecule has 0 aliphatic heterocycles. The van der Waals surface area contributed by atoms with Crippen LogP contribution in [0, 0.1) is 5.92 Å². The molecule has 506 valence electrons. The molecular weight excluding hydrogens is 1320 g/mol. The third-order valence-corrected chi connectivity index (χ3v) is 23.3. The zero-order valence-corrected chi connectivity index (χ0v) is 59.1. The molecule has 7 nitrogen and oxygen atoms in total. The van der Waals surface area contributed by atoms with E-state index in [0.29, 0.717) is 23.2 Å².